The molecule has 2 aromatic rings. The number of hydrogen-bond acceptors (Lipinski definition) is 8. The number of aromatic nitrogens is 2. The first-order valence-electron chi connectivity index (χ1n) is 14.0. The molecule has 0 spiro atoms. The maximum atomic E-state index is 13.0. The lowest BCUT2D eigenvalue weighted by atomic mass is 9.83. The largest absolute Gasteiger partial charge is 0.419 e. The van der Waals surface area contributed by atoms with Crippen LogP contribution in [0.2, 0.25) is 0 Å². The van der Waals surface area contributed by atoms with E-state index in [1.54, 1.807) is 0 Å². The van der Waals surface area contributed by atoms with Crippen LogP contribution < -0.4 is 10.6 Å². The van der Waals surface area contributed by atoms with Gasteiger partial charge in [-0.05, 0) is 82.0 Å². The second-order valence-electron chi connectivity index (χ2n) is 10.9. The van der Waals surface area contributed by atoms with Crippen LogP contribution in [0.15, 0.2) is 40.3 Å². The molecule has 2 N–H and O–H groups in total. The number of nitrogens with one attached hydrogen (secondary N) is 2. The van der Waals surface area contributed by atoms with Gasteiger partial charge >= 0.3 is 0 Å². The highest BCUT2D eigenvalue weighted by molar-refractivity contribution is 7.98. The Bertz CT molecular complexity index is 1050. The molecule has 41 heavy (non-hydrogen) atoms. The Kier molecular flexibility index (Phi) is 16.5. The molecule has 9 nitrogen and oxygen atoms in total. The van der Waals surface area contributed by atoms with Crippen molar-refractivity contribution in [3.63, 3.8) is 0 Å². The number of carbonyl (C=O) groups excluding carboxylic acids is 3. The summed E-state index contributed by atoms with van der Waals surface area (Å²) in [6, 6.07) is 7.17. The Morgan fingerprint density at radius 1 is 1.07 bits per heavy atom. The second kappa shape index (κ2) is 18.7. The van der Waals surface area contributed by atoms with Crippen LogP contribution in [0, 0.1) is 11.8 Å². The third-order valence-corrected chi connectivity index (χ3v) is 7.80. The van der Waals surface area contributed by atoms with Gasteiger partial charge < -0.3 is 15.1 Å². The summed E-state index contributed by atoms with van der Waals surface area (Å²) in [6.07, 6.45) is 9.83. The van der Waals surface area contributed by atoms with E-state index in [2.05, 4.69) is 25.7 Å². The van der Waals surface area contributed by atoms with Crippen molar-refractivity contribution in [1.29, 1.82) is 0 Å². The summed E-state index contributed by atoms with van der Waals surface area (Å²) in [6.45, 7) is 8.84. The van der Waals surface area contributed by atoms with E-state index in [-0.39, 0.29) is 45.8 Å². The van der Waals surface area contributed by atoms with Crippen LogP contribution in [0.3, 0.4) is 0 Å². The minimum atomic E-state index is -0.455. The number of thioether (sulfide) groups is 1. The van der Waals surface area contributed by atoms with Gasteiger partial charge in [-0.15, -0.1) is 10.2 Å². The van der Waals surface area contributed by atoms with Gasteiger partial charge in [-0.3, -0.25) is 19.3 Å². The highest BCUT2D eigenvalue weighted by Gasteiger charge is 2.34. The number of ketones is 1. The Hall–Kier alpha value is -2.72. The molecule has 2 fully saturated rings. The standard InChI is InChI=1S/C26H39N3O3.C3H4N2OS.2CH4.H2/c1-18(2)16-24(19(3)30)28-26(32)22-8-4-5-9-23(22)27-25(31)21-12-10-20(11-13-21)17-29-14-6-7-15-29;1-7-3-5-4-2-6-3;;;/h10-13,18,22-24H,4-9,14-17H2,1-3H3,(H,27,31)(H,28,32);2H,1H3;2*1H4;1H/t22-,23+,24?;;;;/m1..../s1. The molecular formula is C31H53N5O4S. The first kappa shape index (κ1) is 36.3. The van der Waals surface area contributed by atoms with Crippen LogP contribution >= 0.6 is 11.8 Å². The molecular weight excluding hydrogens is 538 g/mol. The van der Waals surface area contributed by atoms with Gasteiger partial charge in [-0.1, -0.05) is 65.4 Å². The van der Waals surface area contributed by atoms with Gasteiger partial charge in [-0.25, -0.2) is 0 Å². The molecule has 0 bridgehead atoms. The third-order valence-electron chi connectivity index (χ3n) is 7.27. The van der Waals surface area contributed by atoms with E-state index in [9.17, 15) is 14.4 Å². The summed E-state index contributed by atoms with van der Waals surface area (Å²) in [5.74, 6) is -0.238. The molecule has 10 heteroatoms. The van der Waals surface area contributed by atoms with E-state index >= 15 is 0 Å². The van der Waals surface area contributed by atoms with E-state index in [1.165, 1.54) is 43.5 Å². The lowest BCUT2D eigenvalue weighted by Gasteiger charge is -2.32. The lowest BCUT2D eigenvalue weighted by molar-refractivity contribution is -0.131. The molecule has 1 saturated carbocycles. The van der Waals surface area contributed by atoms with Crippen molar-refractivity contribution in [2.24, 2.45) is 11.8 Å². The van der Waals surface area contributed by atoms with Gasteiger partial charge in [0, 0.05) is 19.6 Å². The Morgan fingerprint density at radius 2 is 1.73 bits per heavy atom. The number of Topliss-reactive ketones (excluding diaryl/α,β-unsaturated/α-hetero) is 1. The maximum Gasteiger partial charge on any atom is 0.276 e. The van der Waals surface area contributed by atoms with E-state index in [0.29, 0.717) is 23.1 Å². The van der Waals surface area contributed by atoms with Crippen molar-refractivity contribution in [2.75, 3.05) is 19.3 Å². The van der Waals surface area contributed by atoms with Crippen molar-refractivity contribution in [1.82, 2.24) is 25.7 Å². The molecule has 0 radical (unpaired) electrons. The SMILES string of the molecule is C.C.CC(=O)C(CC(C)C)NC(=O)[C@@H]1CCCC[C@@H]1NC(=O)c1ccc(CN2CCCC2)cc1.CSc1nnco1.[HH]. The zero-order chi connectivity index (χ0) is 28.2. The summed E-state index contributed by atoms with van der Waals surface area (Å²) in [5.41, 5.74) is 1.85. The maximum absolute atomic E-state index is 13.0. The van der Waals surface area contributed by atoms with Crippen molar-refractivity contribution >= 4 is 29.4 Å². The number of likely N-dealkylation sites (tertiary alicyclic amines) is 1. The highest BCUT2D eigenvalue weighted by Crippen LogP contribution is 2.26. The first-order chi connectivity index (χ1) is 18.8. The molecule has 1 unspecified atom stereocenters. The molecule has 1 aromatic carbocycles. The number of amides is 2. The smallest absolute Gasteiger partial charge is 0.276 e. The van der Waals surface area contributed by atoms with Gasteiger partial charge in [0.2, 0.25) is 12.3 Å². The minimum absolute atomic E-state index is 0. The zero-order valence-corrected chi connectivity index (χ0v) is 24.5. The van der Waals surface area contributed by atoms with E-state index in [4.69, 9.17) is 4.42 Å². The molecule has 2 aliphatic rings. The fourth-order valence-electron chi connectivity index (χ4n) is 5.16. The summed E-state index contributed by atoms with van der Waals surface area (Å²) in [4.78, 5) is 40.3. The predicted octanol–water partition coefficient (Wildman–Crippen LogP) is 6.00. The first-order valence-corrected chi connectivity index (χ1v) is 15.2. The molecule has 1 aliphatic heterocycles. The molecule has 2 heterocycles. The van der Waals surface area contributed by atoms with Gasteiger partial charge in [-0.2, -0.15) is 0 Å². The number of hydrogen-bond donors (Lipinski definition) is 2. The average Bonchev–Trinajstić information content (AvgIpc) is 3.63. The van der Waals surface area contributed by atoms with Crippen LogP contribution in [-0.4, -0.2) is 64.1 Å². The predicted molar refractivity (Wildman–Crippen MR) is 168 cm³/mol. The van der Waals surface area contributed by atoms with Gasteiger partial charge in [0.15, 0.2) is 5.78 Å². The molecule has 4 rings (SSSR count). The molecule has 1 saturated heterocycles. The molecule has 2 amide bonds. The quantitative estimate of drug-likeness (QED) is 0.323. The Morgan fingerprint density at radius 3 is 2.27 bits per heavy atom. The van der Waals surface area contributed by atoms with Crippen LogP contribution in [0.5, 0.6) is 0 Å². The topological polar surface area (TPSA) is 117 Å². The number of benzene rings is 1. The number of carbonyl (C=O) groups is 3. The summed E-state index contributed by atoms with van der Waals surface area (Å²) < 4.78 is 4.72. The van der Waals surface area contributed by atoms with Crippen molar-refractivity contribution in [3.05, 3.63) is 41.8 Å². The summed E-state index contributed by atoms with van der Waals surface area (Å²) >= 11 is 1.44. The second-order valence-corrected chi connectivity index (χ2v) is 11.6. The molecule has 1 aromatic heterocycles. The van der Waals surface area contributed by atoms with Gasteiger partial charge in [0.1, 0.15) is 0 Å². The Labute approximate surface area is 252 Å². The van der Waals surface area contributed by atoms with E-state index in [1.807, 2.05) is 44.4 Å². The van der Waals surface area contributed by atoms with Crippen molar-refractivity contribution < 1.29 is 20.2 Å². The van der Waals surface area contributed by atoms with Crippen molar-refractivity contribution in [2.45, 2.75) is 104 Å². The number of nitrogens with zero attached hydrogens (tertiary/aromatic N) is 3. The molecule has 3 atom stereocenters. The fraction of sp³-hybridized carbons (Fsp3) is 0.645. The summed E-state index contributed by atoms with van der Waals surface area (Å²) in [7, 11) is 0. The third kappa shape index (κ3) is 12.0. The Balaban J connectivity index is 0.00000148. The lowest BCUT2D eigenvalue weighted by Crippen LogP contribution is -2.51. The zero-order valence-electron chi connectivity index (χ0n) is 23.7. The van der Waals surface area contributed by atoms with Crippen LogP contribution in [0.4, 0.5) is 0 Å². The van der Waals surface area contributed by atoms with Crippen LogP contribution in [0.1, 0.15) is 97.9 Å². The number of rotatable bonds is 10. The average molecular weight is 592 g/mol. The van der Waals surface area contributed by atoms with E-state index in [0.717, 1.165) is 45.3 Å². The van der Waals surface area contributed by atoms with Gasteiger partial charge in [0.05, 0.1) is 12.0 Å². The highest BCUT2D eigenvalue weighted by atomic mass is 32.2. The fourth-order valence-corrected chi connectivity index (χ4v) is 5.43. The summed E-state index contributed by atoms with van der Waals surface area (Å²) in [5, 5.41) is 13.7. The normalized spacial score (nSPS) is 19.1. The van der Waals surface area contributed by atoms with Crippen molar-refractivity contribution in [3.8, 4) is 0 Å². The molecule has 1 aliphatic carbocycles. The molecule has 232 valence electrons. The minimum Gasteiger partial charge on any atom is -0.419 e. The monoisotopic (exact) mass is 591 g/mol. The van der Waals surface area contributed by atoms with Crippen LogP contribution in [-0.2, 0) is 16.1 Å². The van der Waals surface area contributed by atoms with Crippen LogP contribution in [0.25, 0.3) is 0 Å². The van der Waals surface area contributed by atoms with Gasteiger partial charge in [0.25, 0.3) is 11.1 Å². The van der Waals surface area contributed by atoms with E-state index < -0.39 is 6.04 Å².